The molecule has 0 aromatic heterocycles. The van der Waals surface area contributed by atoms with Gasteiger partial charge in [0.2, 0.25) is 0 Å². The van der Waals surface area contributed by atoms with Crippen LogP contribution in [0.1, 0.15) is 1.43 Å². The molecule has 3 aliphatic carbocycles. The molecule has 0 heterocycles. The first-order chi connectivity index (χ1) is 11.4. The molecular weight excluding hydrogens is 428 g/mol. The summed E-state index contributed by atoms with van der Waals surface area (Å²) in [5, 5.41) is 0. The largest absolute Gasteiger partial charge is 0.207 e. The minimum Gasteiger partial charge on any atom is -0.207 e. The predicted octanol–water partition coefficient (Wildman–Crippen LogP) is 6.38. The second-order valence-corrected chi connectivity index (χ2v) is 4.77. The van der Waals surface area contributed by atoms with Crippen molar-refractivity contribution in [1.29, 1.82) is 0 Å². The Labute approximate surface area is 166 Å². The first kappa shape index (κ1) is 23.2. The summed E-state index contributed by atoms with van der Waals surface area (Å²) in [6.45, 7) is 10.3. The van der Waals surface area contributed by atoms with Crippen LogP contribution in [0.4, 0.5) is 13.2 Å². The van der Waals surface area contributed by atoms with E-state index in [1.54, 1.807) is 55.7 Å². The van der Waals surface area contributed by atoms with Crippen LogP contribution in [-0.4, -0.2) is 23.9 Å². The summed E-state index contributed by atoms with van der Waals surface area (Å²) in [6, 6.07) is 0. The second kappa shape index (κ2) is 12.6. The van der Waals surface area contributed by atoms with Crippen LogP contribution >= 0.6 is 0 Å². The molecule has 3 aliphatic rings. The van der Waals surface area contributed by atoms with Gasteiger partial charge in [-0.15, -0.1) is 0 Å². The molecule has 0 bridgehead atoms. The Kier molecular flexibility index (Phi) is 11.7. The van der Waals surface area contributed by atoms with Crippen LogP contribution in [-0.2, 0) is 0 Å². The Balaban J connectivity index is 0. The molecule has 0 fully saturated rings. The molecule has 7 radical (unpaired) electrons. The molecule has 0 spiro atoms. The van der Waals surface area contributed by atoms with Crippen molar-refractivity contribution >= 4 is 23.9 Å². The third-order valence-electron chi connectivity index (χ3n) is 2.87. The third kappa shape index (κ3) is 9.34. The Bertz CT molecular complexity index is 597. The average molecular weight is 448 g/mol. The Morgan fingerprint density at radius 3 is 0.880 bits per heavy atom. The molecule has 3 rings (SSSR count). The van der Waals surface area contributed by atoms with Crippen molar-refractivity contribution in [3.8, 4) is 0 Å². The molecule has 0 aromatic carbocycles. The van der Waals surface area contributed by atoms with Gasteiger partial charge in [-0.25, -0.2) is 13.2 Å². The zero-order valence-corrected chi connectivity index (χ0v) is 16.5. The molecular formula is C21H20F3Sn. The van der Waals surface area contributed by atoms with Crippen molar-refractivity contribution in [2.75, 3.05) is 0 Å². The zero-order chi connectivity index (χ0) is 17.9. The minimum atomic E-state index is -0.243. The normalized spacial score (nSPS) is 17.9. The van der Waals surface area contributed by atoms with Crippen LogP contribution in [0.15, 0.2) is 109 Å². The number of allylic oxidation sites excluding steroid dienone is 15. The second-order valence-electron chi connectivity index (χ2n) is 4.77. The van der Waals surface area contributed by atoms with Crippen molar-refractivity contribution in [3.05, 3.63) is 128 Å². The standard InChI is InChI=1S/3C7H6F.Sn.H2/c3*1-6-4-2-3-5-7(6)8;;/h3*2-5H,1H2;;1H. The van der Waals surface area contributed by atoms with Crippen molar-refractivity contribution < 1.29 is 14.6 Å². The van der Waals surface area contributed by atoms with Gasteiger partial charge in [0, 0.05) is 44.6 Å². The molecule has 25 heavy (non-hydrogen) atoms. The fraction of sp³-hybridized carbons (Fsp3) is 0. The van der Waals surface area contributed by atoms with E-state index in [4.69, 9.17) is 0 Å². The third-order valence-corrected chi connectivity index (χ3v) is 2.87. The summed E-state index contributed by atoms with van der Waals surface area (Å²) in [5.41, 5.74) is 1.35. The van der Waals surface area contributed by atoms with E-state index in [-0.39, 0.29) is 42.8 Å². The maximum absolute atomic E-state index is 12.3. The summed E-state index contributed by atoms with van der Waals surface area (Å²) in [5.74, 6) is -0.729. The maximum Gasteiger partial charge on any atom is 0.126 e. The van der Waals surface area contributed by atoms with Gasteiger partial charge in [0.1, 0.15) is 17.5 Å². The van der Waals surface area contributed by atoms with Gasteiger partial charge in [-0.3, -0.25) is 0 Å². The van der Waals surface area contributed by atoms with E-state index >= 15 is 0 Å². The minimum absolute atomic E-state index is 0. The van der Waals surface area contributed by atoms with E-state index in [0.717, 1.165) is 0 Å². The molecule has 0 atom stereocenters. The average Bonchev–Trinajstić information content (AvgIpc) is 2.57. The summed E-state index contributed by atoms with van der Waals surface area (Å²) in [4.78, 5) is 0. The van der Waals surface area contributed by atoms with E-state index < -0.39 is 0 Å². The topological polar surface area (TPSA) is 0 Å². The fourth-order valence-corrected chi connectivity index (χ4v) is 1.50. The van der Waals surface area contributed by atoms with Gasteiger partial charge in [-0.1, -0.05) is 56.2 Å². The van der Waals surface area contributed by atoms with E-state index in [2.05, 4.69) is 19.7 Å². The van der Waals surface area contributed by atoms with Crippen molar-refractivity contribution in [1.82, 2.24) is 0 Å². The van der Waals surface area contributed by atoms with Gasteiger partial charge < -0.3 is 0 Å². The molecule has 0 aromatic rings. The Hall–Kier alpha value is -1.75. The zero-order valence-electron chi connectivity index (χ0n) is 13.7. The SMILES string of the molecule is C=C1[CH]C=CC=C1F.C=C1[CH]C=CC=C1F.C=C1[CH]C=CC=C1F.[HH].[Sn]. The van der Waals surface area contributed by atoms with Crippen LogP contribution in [0.2, 0.25) is 0 Å². The van der Waals surface area contributed by atoms with E-state index in [0.29, 0.717) is 16.7 Å². The number of rotatable bonds is 0. The predicted molar refractivity (Wildman–Crippen MR) is 103 cm³/mol. The molecule has 4 heteroatoms. The molecule has 129 valence electrons. The van der Waals surface area contributed by atoms with Gasteiger partial charge in [0.15, 0.2) is 0 Å². The Morgan fingerprint density at radius 1 is 0.520 bits per heavy atom. The van der Waals surface area contributed by atoms with Gasteiger partial charge in [-0.2, -0.15) is 0 Å². The molecule has 0 aliphatic heterocycles. The summed E-state index contributed by atoms with van der Waals surface area (Å²) in [6.07, 6.45) is 19.3. The van der Waals surface area contributed by atoms with Crippen molar-refractivity contribution in [2.45, 2.75) is 0 Å². The van der Waals surface area contributed by atoms with Crippen LogP contribution in [0.5, 0.6) is 0 Å². The summed E-state index contributed by atoms with van der Waals surface area (Å²) < 4.78 is 36.8. The first-order valence-corrected chi connectivity index (χ1v) is 7.11. The quantitative estimate of drug-likeness (QED) is 0.378. The number of hydrogen-bond acceptors (Lipinski definition) is 0. The van der Waals surface area contributed by atoms with Crippen molar-refractivity contribution in [3.63, 3.8) is 0 Å². The molecule has 0 nitrogen and oxygen atoms in total. The summed E-state index contributed by atoms with van der Waals surface area (Å²) >= 11 is 0. The van der Waals surface area contributed by atoms with Crippen LogP contribution < -0.4 is 0 Å². The first-order valence-electron chi connectivity index (χ1n) is 7.11. The molecule has 0 N–H and O–H groups in total. The summed E-state index contributed by atoms with van der Waals surface area (Å²) in [7, 11) is 0. The fourth-order valence-electron chi connectivity index (χ4n) is 1.50. The smallest absolute Gasteiger partial charge is 0.126 e. The molecule has 0 saturated carbocycles. The van der Waals surface area contributed by atoms with Gasteiger partial charge >= 0.3 is 0 Å². The van der Waals surface area contributed by atoms with E-state index in [9.17, 15) is 13.2 Å². The monoisotopic (exact) mass is 449 g/mol. The maximum atomic E-state index is 12.3. The number of halogens is 3. The van der Waals surface area contributed by atoms with Crippen LogP contribution in [0.25, 0.3) is 0 Å². The molecule has 0 amide bonds. The number of hydrogen-bond donors (Lipinski definition) is 0. The Morgan fingerprint density at radius 2 is 0.760 bits per heavy atom. The van der Waals surface area contributed by atoms with Crippen LogP contribution in [0, 0.1) is 19.3 Å². The van der Waals surface area contributed by atoms with Gasteiger partial charge in [0.05, 0.1) is 0 Å². The van der Waals surface area contributed by atoms with Gasteiger partial charge in [0.25, 0.3) is 0 Å². The van der Waals surface area contributed by atoms with E-state index in [1.165, 1.54) is 18.2 Å². The van der Waals surface area contributed by atoms with Crippen LogP contribution in [0.3, 0.4) is 0 Å². The van der Waals surface area contributed by atoms with E-state index in [1.807, 2.05) is 0 Å². The van der Waals surface area contributed by atoms with Gasteiger partial charge in [-0.05, 0) is 34.9 Å². The molecule has 0 unspecified atom stereocenters. The van der Waals surface area contributed by atoms with Crippen molar-refractivity contribution in [2.24, 2.45) is 0 Å². The molecule has 0 saturated heterocycles.